The highest BCUT2D eigenvalue weighted by Gasteiger charge is 2.30. The first kappa shape index (κ1) is 25.1. The SMILES string of the molecule is CCc1cc(-c2noc(-c3cc(C)nc(N(CC)CC)c3)n2)cc(C)c1OC1COC(C)(C)OC1. The Hall–Kier alpha value is -2.97. The highest BCUT2D eigenvalue weighted by Crippen LogP contribution is 2.33. The zero-order valence-corrected chi connectivity index (χ0v) is 21.8. The Kier molecular flexibility index (Phi) is 7.42. The molecule has 0 N–H and O–H groups in total. The quantitative estimate of drug-likeness (QED) is 0.426. The molecule has 0 radical (unpaired) electrons. The molecular weight excluding hydrogens is 444 g/mol. The standard InChI is InChI=1S/C27H36N4O4/c1-8-19-13-20(11-17(4)24(19)34-22-15-32-27(6,7)33-16-22)25-29-26(35-30-25)21-12-18(5)28-23(14-21)31(9-2)10-3/h11-14,22H,8-10,15-16H2,1-7H3. The summed E-state index contributed by atoms with van der Waals surface area (Å²) in [5.41, 5.74) is 4.77. The van der Waals surface area contributed by atoms with Crippen molar-refractivity contribution in [2.75, 3.05) is 31.2 Å². The number of pyridine rings is 1. The van der Waals surface area contributed by atoms with Gasteiger partial charge in [-0.1, -0.05) is 12.1 Å². The van der Waals surface area contributed by atoms with E-state index >= 15 is 0 Å². The molecule has 8 heteroatoms. The van der Waals surface area contributed by atoms with Gasteiger partial charge < -0.3 is 23.6 Å². The number of nitrogens with zero attached hydrogens (tertiary/aromatic N) is 4. The molecule has 3 aromatic rings. The number of rotatable bonds is 8. The Bertz CT molecular complexity index is 1160. The van der Waals surface area contributed by atoms with Crippen LogP contribution in [0.15, 0.2) is 28.8 Å². The molecule has 2 aromatic heterocycles. The fraction of sp³-hybridized carbons (Fsp3) is 0.519. The fourth-order valence-electron chi connectivity index (χ4n) is 4.26. The number of hydrogen-bond acceptors (Lipinski definition) is 8. The van der Waals surface area contributed by atoms with Crippen LogP contribution in [0.4, 0.5) is 5.82 Å². The van der Waals surface area contributed by atoms with Crippen molar-refractivity contribution in [1.82, 2.24) is 15.1 Å². The third-order valence-electron chi connectivity index (χ3n) is 6.21. The minimum Gasteiger partial charge on any atom is -0.485 e. The largest absolute Gasteiger partial charge is 0.485 e. The molecule has 0 aliphatic carbocycles. The zero-order chi connectivity index (χ0) is 25.2. The lowest BCUT2D eigenvalue weighted by Gasteiger charge is -2.35. The van der Waals surface area contributed by atoms with E-state index in [1.54, 1.807) is 0 Å². The van der Waals surface area contributed by atoms with Crippen LogP contribution in [0, 0.1) is 13.8 Å². The highest BCUT2D eigenvalue weighted by molar-refractivity contribution is 5.65. The molecule has 0 amide bonds. The summed E-state index contributed by atoms with van der Waals surface area (Å²) in [4.78, 5) is 11.6. The van der Waals surface area contributed by atoms with Gasteiger partial charge in [-0.2, -0.15) is 4.98 Å². The van der Waals surface area contributed by atoms with Crippen molar-refractivity contribution in [2.45, 2.75) is 66.8 Å². The third kappa shape index (κ3) is 5.65. The summed E-state index contributed by atoms with van der Waals surface area (Å²) >= 11 is 0. The molecular formula is C27H36N4O4. The number of aromatic nitrogens is 3. The normalized spacial score (nSPS) is 15.9. The molecule has 1 aromatic carbocycles. The minimum atomic E-state index is -0.567. The maximum Gasteiger partial charge on any atom is 0.258 e. The third-order valence-corrected chi connectivity index (χ3v) is 6.21. The van der Waals surface area contributed by atoms with Crippen molar-refractivity contribution >= 4 is 5.82 Å². The van der Waals surface area contributed by atoms with Crippen LogP contribution < -0.4 is 9.64 Å². The predicted octanol–water partition coefficient (Wildman–Crippen LogP) is 5.35. The minimum absolute atomic E-state index is 0.149. The van der Waals surface area contributed by atoms with Crippen molar-refractivity contribution in [3.8, 4) is 28.6 Å². The van der Waals surface area contributed by atoms with Crippen LogP contribution in [0.5, 0.6) is 5.75 Å². The predicted molar refractivity (Wildman–Crippen MR) is 136 cm³/mol. The van der Waals surface area contributed by atoms with Crippen LogP contribution in [-0.4, -0.2) is 53.3 Å². The van der Waals surface area contributed by atoms with E-state index in [2.05, 4.69) is 41.9 Å². The lowest BCUT2D eigenvalue weighted by molar-refractivity contribution is -0.269. The van der Waals surface area contributed by atoms with Gasteiger partial charge >= 0.3 is 0 Å². The van der Waals surface area contributed by atoms with E-state index < -0.39 is 5.79 Å². The number of anilines is 1. The number of benzene rings is 1. The van der Waals surface area contributed by atoms with Gasteiger partial charge in [-0.25, -0.2) is 4.98 Å². The summed E-state index contributed by atoms with van der Waals surface area (Å²) in [5.74, 6) is 2.24. The van der Waals surface area contributed by atoms with Gasteiger partial charge in [0, 0.05) is 29.9 Å². The summed E-state index contributed by atoms with van der Waals surface area (Å²) in [7, 11) is 0. The van der Waals surface area contributed by atoms with Crippen molar-refractivity contribution in [3.05, 3.63) is 41.1 Å². The second kappa shape index (κ2) is 10.3. The van der Waals surface area contributed by atoms with Crippen LogP contribution in [0.3, 0.4) is 0 Å². The lowest BCUT2D eigenvalue weighted by atomic mass is 10.0. The molecule has 0 spiro atoms. The summed E-state index contributed by atoms with van der Waals surface area (Å²) < 4.78 is 23.5. The molecule has 3 heterocycles. The molecule has 35 heavy (non-hydrogen) atoms. The lowest BCUT2D eigenvalue weighted by Crippen LogP contribution is -2.44. The number of aryl methyl sites for hydroxylation is 3. The van der Waals surface area contributed by atoms with E-state index in [1.165, 1.54) is 0 Å². The molecule has 1 aliphatic heterocycles. The molecule has 4 rings (SSSR count). The van der Waals surface area contributed by atoms with E-state index in [1.807, 2.05) is 45.9 Å². The molecule has 0 bridgehead atoms. The van der Waals surface area contributed by atoms with Crippen LogP contribution >= 0.6 is 0 Å². The van der Waals surface area contributed by atoms with Crippen LogP contribution in [0.25, 0.3) is 22.8 Å². The van der Waals surface area contributed by atoms with E-state index in [0.717, 1.165) is 59.0 Å². The van der Waals surface area contributed by atoms with Gasteiger partial charge in [0.05, 0.1) is 13.2 Å². The highest BCUT2D eigenvalue weighted by atomic mass is 16.7. The summed E-state index contributed by atoms with van der Waals surface area (Å²) in [6.07, 6.45) is 0.662. The molecule has 1 saturated heterocycles. The Labute approximate surface area is 207 Å². The van der Waals surface area contributed by atoms with E-state index in [-0.39, 0.29) is 6.10 Å². The second-order valence-corrected chi connectivity index (χ2v) is 9.35. The molecule has 0 unspecified atom stereocenters. The van der Waals surface area contributed by atoms with Gasteiger partial charge in [0.1, 0.15) is 17.7 Å². The number of ether oxygens (including phenoxy) is 3. The Balaban J connectivity index is 1.59. The second-order valence-electron chi connectivity index (χ2n) is 9.35. The summed E-state index contributed by atoms with van der Waals surface area (Å²) in [6, 6.07) is 8.09. The summed E-state index contributed by atoms with van der Waals surface area (Å²) in [6.45, 7) is 16.9. The van der Waals surface area contributed by atoms with Crippen LogP contribution in [-0.2, 0) is 15.9 Å². The van der Waals surface area contributed by atoms with Crippen molar-refractivity contribution in [1.29, 1.82) is 0 Å². The fourth-order valence-corrected chi connectivity index (χ4v) is 4.26. The van der Waals surface area contributed by atoms with Crippen molar-refractivity contribution < 1.29 is 18.7 Å². The van der Waals surface area contributed by atoms with E-state index in [9.17, 15) is 0 Å². The molecule has 0 saturated carbocycles. The van der Waals surface area contributed by atoms with Crippen LogP contribution in [0.2, 0.25) is 0 Å². The molecule has 1 fully saturated rings. The topological polar surface area (TPSA) is 82.7 Å². The van der Waals surface area contributed by atoms with Gasteiger partial charge in [-0.15, -0.1) is 0 Å². The van der Waals surface area contributed by atoms with Gasteiger partial charge in [0.2, 0.25) is 5.82 Å². The molecule has 8 nitrogen and oxygen atoms in total. The molecule has 0 atom stereocenters. The van der Waals surface area contributed by atoms with E-state index in [0.29, 0.717) is 24.9 Å². The van der Waals surface area contributed by atoms with Crippen molar-refractivity contribution in [2.24, 2.45) is 0 Å². The smallest absolute Gasteiger partial charge is 0.258 e. The maximum atomic E-state index is 6.31. The first-order valence-corrected chi connectivity index (χ1v) is 12.4. The Morgan fingerprint density at radius 2 is 1.69 bits per heavy atom. The van der Waals surface area contributed by atoms with Gasteiger partial charge in [0.25, 0.3) is 5.89 Å². The monoisotopic (exact) mass is 480 g/mol. The van der Waals surface area contributed by atoms with Gasteiger partial charge in [-0.3, -0.25) is 0 Å². The molecule has 188 valence electrons. The first-order valence-electron chi connectivity index (χ1n) is 12.4. The Morgan fingerprint density at radius 1 is 0.971 bits per heavy atom. The van der Waals surface area contributed by atoms with Crippen LogP contribution in [0.1, 0.15) is 51.4 Å². The average molecular weight is 481 g/mol. The van der Waals surface area contributed by atoms with E-state index in [4.69, 9.17) is 23.7 Å². The van der Waals surface area contributed by atoms with Gasteiger partial charge in [-0.05, 0) is 83.4 Å². The maximum absolute atomic E-state index is 6.31. The first-order chi connectivity index (χ1) is 16.7. The molecule has 1 aliphatic rings. The average Bonchev–Trinajstić information content (AvgIpc) is 3.32. The van der Waals surface area contributed by atoms with Crippen molar-refractivity contribution in [3.63, 3.8) is 0 Å². The summed E-state index contributed by atoms with van der Waals surface area (Å²) in [5, 5.41) is 4.28. The van der Waals surface area contributed by atoms with Gasteiger partial charge in [0.15, 0.2) is 5.79 Å². The zero-order valence-electron chi connectivity index (χ0n) is 21.8. The number of hydrogen-bond donors (Lipinski definition) is 0. The Morgan fingerprint density at radius 3 is 2.34 bits per heavy atom.